The summed E-state index contributed by atoms with van der Waals surface area (Å²) in [7, 11) is 0. The van der Waals surface area contributed by atoms with Crippen molar-refractivity contribution in [3.8, 4) is 0 Å². The van der Waals surface area contributed by atoms with Crippen LogP contribution in [0.25, 0.3) is 0 Å². The smallest absolute Gasteiger partial charge is 0.251 e. The number of hydrogen-bond acceptors (Lipinski definition) is 4. The first-order valence-electron chi connectivity index (χ1n) is 9.96. The van der Waals surface area contributed by atoms with Crippen LogP contribution < -0.4 is 10.6 Å². The van der Waals surface area contributed by atoms with E-state index in [4.69, 9.17) is 9.84 Å². The molecule has 0 radical (unpaired) electrons. The number of carbonyl (C=O) groups excluding carboxylic acids is 2. The molecule has 0 aliphatic carbocycles. The first kappa shape index (κ1) is 19.8. The summed E-state index contributed by atoms with van der Waals surface area (Å²) in [6, 6.07) is 17.0. The first-order valence-corrected chi connectivity index (χ1v) is 9.96. The van der Waals surface area contributed by atoms with Crippen LogP contribution in [0.15, 0.2) is 60.8 Å². The van der Waals surface area contributed by atoms with Gasteiger partial charge in [-0.3, -0.25) is 14.3 Å². The summed E-state index contributed by atoms with van der Waals surface area (Å²) in [5.41, 5.74) is 4.42. The summed E-state index contributed by atoms with van der Waals surface area (Å²) in [6.07, 6.45) is 2.62. The molecule has 0 spiro atoms. The number of fused-ring (bicyclic) bond motifs is 1. The molecule has 0 saturated heterocycles. The highest BCUT2D eigenvalue weighted by Crippen LogP contribution is 2.25. The molecule has 1 atom stereocenters. The molecule has 0 fully saturated rings. The Bertz CT molecular complexity index is 1030. The second-order valence-corrected chi connectivity index (χ2v) is 7.30. The van der Waals surface area contributed by atoms with E-state index in [1.807, 2.05) is 22.9 Å². The lowest BCUT2D eigenvalue weighted by Crippen LogP contribution is -2.31. The predicted molar refractivity (Wildman–Crippen MR) is 113 cm³/mol. The third-order valence-electron chi connectivity index (χ3n) is 4.97. The van der Waals surface area contributed by atoms with Gasteiger partial charge in [-0.15, -0.1) is 0 Å². The summed E-state index contributed by atoms with van der Waals surface area (Å²) in [4.78, 5) is 23.6. The van der Waals surface area contributed by atoms with Gasteiger partial charge in [0, 0.05) is 30.9 Å². The van der Waals surface area contributed by atoms with Gasteiger partial charge >= 0.3 is 0 Å². The number of nitrogens with zero attached hydrogens (tertiary/aromatic N) is 2. The average Bonchev–Trinajstić information content (AvgIpc) is 3.16. The highest BCUT2D eigenvalue weighted by Gasteiger charge is 2.25. The minimum Gasteiger partial charge on any atom is -0.370 e. The number of amides is 2. The number of rotatable bonds is 6. The lowest BCUT2D eigenvalue weighted by molar-refractivity contribution is -0.114. The maximum absolute atomic E-state index is 12.5. The standard InChI is InChI=1S/C23H24N4O3/c1-16(28)25-20-9-7-18(8-10-20)23(29)24-13-21-22-19(11-12-30-21)15-27(26-22)14-17-5-3-2-4-6-17/h2-10,15,21H,11-14H2,1H3,(H,24,29)(H,25,28)/t21-/m1/s1. The molecule has 30 heavy (non-hydrogen) atoms. The van der Waals surface area contributed by atoms with Crippen molar-refractivity contribution in [2.75, 3.05) is 18.5 Å². The van der Waals surface area contributed by atoms with Gasteiger partial charge < -0.3 is 15.4 Å². The van der Waals surface area contributed by atoms with Crippen molar-refractivity contribution >= 4 is 17.5 Å². The van der Waals surface area contributed by atoms with Crippen LogP contribution in [0, 0.1) is 0 Å². The number of ether oxygens (including phenoxy) is 1. The van der Waals surface area contributed by atoms with E-state index < -0.39 is 0 Å². The van der Waals surface area contributed by atoms with E-state index in [2.05, 4.69) is 29.0 Å². The molecular weight excluding hydrogens is 380 g/mol. The molecule has 0 bridgehead atoms. The fourth-order valence-electron chi connectivity index (χ4n) is 3.53. The molecule has 2 heterocycles. The largest absolute Gasteiger partial charge is 0.370 e. The average molecular weight is 404 g/mol. The normalized spacial score (nSPS) is 15.3. The maximum Gasteiger partial charge on any atom is 0.251 e. The van der Waals surface area contributed by atoms with Gasteiger partial charge in [0.1, 0.15) is 6.10 Å². The number of aromatic nitrogens is 2. The van der Waals surface area contributed by atoms with Crippen molar-refractivity contribution in [1.29, 1.82) is 0 Å². The molecule has 0 unspecified atom stereocenters. The van der Waals surface area contributed by atoms with Gasteiger partial charge in [0.05, 0.1) is 18.8 Å². The van der Waals surface area contributed by atoms with Gasteiger partial charge in [-0.25, -0.2) is 0 Å². The van der Waals surface area contributed by atoms with Crippen molar-refractivity contribution in [2.45, 2.75) is 26.0 Å². The van der Waals surface area contributed by atoms with Crippen LogP contribution in [0.1, 0.15) is 40.2 Å². The molecule has 2 N–H and O–H groups in total. The van der Waals surface area contributed by atoms with Gasteiger partial charge in [0.25, 0.3) is 5.91 Å². The van der Waals surface area contributed by atoms with E-state index in [0.29, 0.717) is 30.9 Å². The van der Waals surface area contributed by atoms with Crippen LogP contribution in [-0.2, 0) is 22.5 Å². The molecule has 1 aliphatic heterocycles. The van der Waals surface area contributed by atoms with E-state index in [1.54, 1.807) is 24.3 Å². The van der Waals surface area contributed by atoms with Crippen molar-refractivity contribution in [3.05, 3.63) is 83.2 Å². The van der Waals surface area contributed by atoms with Gasteiger partial charge in [-0.05, 0) is 41.8 Å². The summed E-state index contributed by atoms with van der Waals surface area (Å²) in [5, 5.41) is 10.3. The molecule has 0 saturated carbocycles. The quantitative estimate of drug-likeness (QED) is 0.662. The van der Waals surface area contributed by atoms with E-state index >= 15 is 0 Å². The molecule has 7 nitrogen and oxygen atoms in total. The second-order valence-electron chi connectivity index (χ2n) is 7.30. The Morgan fingerprint density at radius 3 is 2.63 bits per heavy atom. The van der Waals surface area contributed by atoms with Gasteiger partial charge in [-0.2, -0.15) is 5.10 Å². The fraction of sp³-hybridized carbons (Fsp3) is 0.261. The van der Waals surface area contributed by atoms with Crippen molar-refractivity contribution < 1.29 is 14.3 Å². The minimum absolute atomic E-state index is 0.149. The van der Waals surface area contributed by atoms with Gasteiger partial charge in [0.15, 0.2) is 0 Å². The van der Waals surface area contributed by atoms with Gasteiger partial charge in [-0.1, -0.05) is 30.3 Å². The number of carbonyl (C=O) groups is 2. The first-order chi connectivity index (χ1) is 14.6. The van der Waals surface area contributed by atoms with Gasteiger partial charge in [0.2, 0.25) is 5.91 Å². The Morgan fingerprint density at radius 2 is 1.90 bits per heavy atom. The van der Waals surface area contributed by atoms with E-state index in [1.165, 1.54) is 12.5 Å². The Labute approximate surface area is 175 Å². The van der Waals surface area contributed by atoms with Crippen molar-refractivity contribution in [2.24, 2.45) is 0 Å². The molecule has 1 aliphatic rings. The van der Waals surface area contributed by atoms with Crippen LogP contribution >= 0.6 is 0 Å². The highest BCUT2D eigenvalue weighted by atomic mass is 16.5. The van der Waals surface area contributed by atoms with Crippen LogP contribution in [0.4, 0.5) is 5.69 Å². The topological polar surface area (TPSA) is 85.3 Å². The van der Waals surface area contributed by atoms with E-state index in [9.17, 15) is 9.59 Å². The van der Waals surface area contributed by atoms with Crippen molar-refractivity contribution in [1.82, 2.24) is 15.1 Å². The molecule has 1 aromatic heterocycles. The number of hydrogen-bond donors (Lipinski definition) is 2. The molecule has 2 amide bonds. The molecule has 7 heteroatoms. The SMILES string of the molecule is CC(=O)Nc1ccc(C(=O)NC[C@H]2OCCc3cn(Cc4ccccc4)nc32)cc1. The number of nitrogens with one attached hydrogen (secondary N) is 2. The maximum atomic E-state index is 12.5. The third kappa shape index (κ3) is 4.75. The van der Waals surface area contributed by atoms with E-state index in [-0.39, 0.29) is 17.9 Å². The summed E-state index contributed by atoms with van der Waals surface area (Å²) in [6.45, 7) is 3.10. The Kier molecular flexibility index (Phi) is 5.90. The zero-order valence-corrected chi connectivity index (χ0v) is 16.8. The second kappa shape index (κ2) is 8.92. The summed E-state index contributed by atoms with van der Waals surface area (Å²) < 4.78 is 7.81. The lowest BCUT2D eigenvalue weighted by Gasteiger charge is -2.22. The van der Waals surface area contributed by atoms with Crippen LogP contribution in [0.5, 0.6) is 0 Å². The Morgan fingerprint density at radius 1 is 1.13 bits per heavy atom. The number of anilines is 1. The molecule has 2 aromatic carbocycles. The zero-order valence-electron chi connectivity index (χ0n) is 16.8. The lowest BCUT2D eigenvalue weighted by atomic mass is 10.1. The van der Waals surface area contributed by atoms with Crippen LogP contribution in [0.2, 0.25) is 0 Å². The van der Waals surface area contributed by atoms with Crippen LogP contribution in [-0.4, -0.2) is 34.7 Å². The molecule has 154 valence electrons. The zero-order chi connectivity index (χ0) is 20.9. The Balaban J connectivity index is 1.39. The third-order valence-corrected chi connectivity index (χ3v) is 4.97. The molecular formula is C23H24N4O3. The molecule has 4 rings (SSSR count). The summed E-state index contributed by atoms with van der Waals surface area (Å²) in [5.74, 6) is -0.340. The summed E-state index contributed by atoms with van der Waals surface area (Å²) >= 11 is 0. The predicted octanol–water partition coefficient (Wildman–Crippen LogP) is 2.93. The number of benzene rings is 2. The minimum atomic E-state index is -0.270. The molecule has 3 aromatic rings. The van der Waals surface area contributed by atoms with Crippen LogP contribution in [0.3, 0.4) is 0 Å². The fourth-order valence-corrected chi connectivity index (χ4v) is 3.53. The van der Waals surface area contributed by atoms with E-state index in [0.717, 1.165) is 17.7 Å². The Hall–Kier alpha value is -3.45. The highest BCUT2D eigenvalue weighted by molar-refractivity contribution is 5.95. The van der Waals surface area contributed by atoms with Crippen molar-refractivity contribution in [3.63, 3.8) is 0 Å². The monoisotopic (exact) mass is 404 g/mol.